The molecule has 39 heavy (non-hydrogen) atoms. The number of aryl methyl sites for hydroxylation is 2. The normalized spacial score (nSPS) is 11.6. The second-order valence-corrected chi connectivity index (χ2v) is 11.0. The molecule has 1 heterocycles. The molecule has 1 aromatic heterocycles. The fourth-order valence-corrected chi connectivity index (χ4v) is 3.24. The summed E-state index contributed by atoms with van der Waals surface area (Å²) in [4.78, 5) is 10.2. The third-order valence-corrected chi connectivity index (χ3v) is 5.65. The van der Waals surface area contributed by atoms with E-state index in [9.17, 15) is 18.0 Å². The Hall–Kier alpha value is -2.31. The van der Waals surface area contributed by atoms with E-state index in [2.05, 4.69) is 39.7 Å². The van der Waals surface area contributed by atoms with Crippen LogP contribution in [0.3, 0.4) is 0 Å². The van der Waals surface area contributed by atoms with E-state index in [1.807, 2.05) is 40.7 Å². The summed E-state index contributed by atoms with van der Waals surface area (Å²) in [7, 11) is 0. The predicted octanol–water partition coefficient (Wildman–Crippen LogP) is 10.7. The number of alkyl halides is 3. The van der Waals surface area contributed by atoms with Gasteiger partial charge in [-0.3, -0.25) is 4.79 Å². The average Bonchev–Trinajstić information content (AvgIpc) is 3.18. The number of aromatic nitrogens is 2. The van der Waals surface area contributed by atoms with Gasteiger partial charge in [0.15, 0.2) is 0 Å². The summed E-state index contributed by atoms with van der Waals surface area (Å²) in [6, 6.07) is 6.83. The van der Waals surface area contributed by atoms with Crippen LogP contribution in [-0.4, -0.2) is 21.4 Å². The Morgan fingerprint density at radius 1 is 0.923 bits per heavy atom. The summed E-state index contributed by atoms with van der Waals surface area (Å²) in [5.74, 6) is 0.731. The Bertz CT molecular complexity index is 880. The van der Waals surface area contributed by atoms with Crippen LogP contribution in [0.25, 0.3) is 5.69 Å². The molecule has 0 aliphatic rings. The summed E-state index contributed by atoms with van der Waals surface area (Å²) in [6.45, 7) is 21.9. The zero-order chi connectivity index (χ0) is 30.6. The van der Waals surface area contributed by atoms with Crippen molar-refractivity contribution in [2.75, 3.05) is 0 Å². The van der Waals surface area contributed by atoms with Crippen LogP contribution in [-0.2, 0) is 15.7 Å². The number of hydrogen-bond donors (Lipinski definition) is 0. The monoisotopic (exact) mass is 556 g/mol. The van der Waals surface area contributed by atoms with Crippen LogP contribution in [0.15, 0.2) is 30.3 Å². The van der Waals surface area contributed by atoms with E-state index in [-0.39, 0.29) is 11.6 Å². The van der Waals surface area contributed by atoms with Gasteiger partial charge in [0, 0.05) is 12.6 Å². The van der Waals surface area contributed by atoms with Gasteiger partial charge in [0.1, 0.15) is 5.60 Å². The maximum Gasteiger partial charge on any atom is 0.416 e. The molecule has 0 spiro atoms. The fraction of sp³-hybridized carbons (Fsp3) is 0.688. The van der Waals surface area contributed by atoms with Gasteiger partial charge in [-0.2, -0.15) is 18.3 Å². The van der Waals surface area contributed by atoms with Crippen molar-refractivity contribution < 1.29 is 22.7 Å². The molecule has 2 rings (SSSR count). The Morgan fingerprint density at radius 2 is 1.46 bits per heavy atom. The van der Waals surface area contributed by atoms with E-state index in [1.54, 1.807) is 4.68 Å². The lowest BCUT2D eigenvalue weighted by Crippen LogP contribution is -2.21. The summed E-state index contributed by atoms with van der Waals surface area (Å²) in [5, 5.41) is 4.21. The second-order valence-electron chi connectivity index (χ2n) is 11.0. The number of carbonyl (C=O) groups excluding carboxylic acids is 1. The number of rotatable bonds is 8. The molecule has 0 radical (unpaired) electrons. The number of unbranched alkanes of at least 4 members (excludes halogenated alkanes) is 4. The fourth-order valence-electron chi connectivity index (χ4n) is 3.24. The summed E-state index contributed by atoms with van der Waals surface area (Å²) >= 11 is 0. The van der Waals surface area contributed by atoms with Gasteiger partial charge in [-0.25, -0.2) is 4.68 Å². The molecule has 7 heteroatoms. The number of ether oxygens (including phenoxy) is 1. The highest BCUT2D eigenvalue weighted by molar-refractivity contribution is 5.66. The van der Waals surface area contributed by atoms with Crippen LogP contribution in [0.1, 0.15) is 131 Å². The van der Waals surface area contributed by atoms with Gasteiger partial charge in [-0.15, -0.1) is 0 Å². The Balaban J connectivity index is 0. The molecule has 0 saturated heterocycles. The number of benzene rings is 1. The van der Waals surface area contributed by atoms with Crippen molar-refractivity contribution in [1.82, 2.24) is 9.78 Å². The van der Waals surface area contributed by atoms with Crippen molar-refractivity contribution in [2.24, 2.45) is 5.92 Å². The molecule has 0 aliphatic carbocycles. The highest BCUT2D eigenvalue weighted by Crippen LogP contribution is 2.29. The molecule has 1 atom stereocenters. The lowest BCUT2D eigenvalue weighted by molar-refractivity contribution is -0.151. The Kier molecular flexibility index (Phi) is 20.5. The summed E-state index contributed by atoms with van der Waals surface area (Å²) in [6.07, 6.45) is 6.82. The number of carbonyl (C=O) groups is 1. The summed E-state index contributed by atoms with van der Waals surface area (Å²) in [5.41, 5.74) is 1.38. The molecular formula is C32H55F3N2O2. The van der Waals surface area contributed by atoms with Crippen LogP contribution in [0.2, 0.25) is 0 Å². The van der Waals surface area contributed by atoms with E-state index in [0.717, 1.165) is 29.4 Å². The van der Waals surface area contributed by atoms with Crippen LogP contribution in [0, 0.1) is 19.8 Å². The van der Waals surface area contributed by atoms with E-state index >= 15 is 0 Å². The van der Waals surface area contributed by atoms with Crippen molar-refractivity contribution in [3.63, 3.8) is 0 Å². The van der Waals surface area contributed by atoms with Crippen molar-refractivity contribution in [2.45, 2.75) is 139 Å². The molecule has 1 aromatic carbocycles. The number of halogens is 3. The zero-order valence-electron chi connectivity index (χ0n) is 26.5. The highest BCUT2D eigenvalue weighted by atomic mass is 19.4. The van der Waals surface area contributed by atoms with Gasteiger partial charge in [0.05, 0.1) is 16.9 Å². The standard InChI is InChI=1S/C12H11F3N2.C10H22.C6H12O2.C4H10/c1-8-7-9(2)17(16-8)11-5-3-10(4-6-11)12(13,14)15;1-4-6-7-8-9-10(3)5-2;1-5(7)8-6(2,3)4;1-3-4-2/h3-7H,1-2H3;10H,4-9H2,1-3H3;1-4H3;3-4H2,1-2H3. The Morgan fingerprint density at radius 3 is 1.77 bits per heavy atom. The van der Waals surface area contributed by atoms with Crippen LogP contribution >= 0.6 is 0 Å². The first-order valence-corrected chi connectivity index (χ1v) is 14.4. The van der Waals surface area contributed by atoms with Crippen molar-refractivity contribution in [3.8, 4) is 5.69 Å². The molecule has 0 fully saturated rings. The zero-order valence-corrected chi connectivity index (χ0v) is 26.5. The molecule has 2 aromatic rings. The predicted molar refractivity (Wildman–Crippen MR) is 158 cm³/mol. The quantitative estimate of drug-likeness (QED) is 0.240. The molecule has 0 amide bonds. The average molecular weight is 557 g/mol. The molecule has 0 N–H and O–H groups in total. The number of nitrogens with zero attached hydrogens (tertiary/aromatic N) is 2. The van der Waals surface area contributed by atoms with E-state index in [4.69, 9.17) is 4.74 Å². The maximum absolute atomic E-state index is 12.4. The SMILES string of the molecule is CC(=O)OC(C)(C)C.CCCC.CCCCCCC(C)CC.Cc1cc(C)n(-c2ccc(C(F)(F)F)cc2)n1. The molecular weight excluding hydrogens is 501 g/mol. The lowest BCUT2D eigenvalue weighted by atomic mass is 10.0. The minimum atomic E-state index is -4.30. The second kappa shape index (κ2) is 20.6. The van der Waals surface area contributed by atoms with Crippen LogP contribution in [0.5, 0.6) is 0 Å². The van der Waals surface area contributed by atoms with Crippen molar-refractivity contribution in [3.05, 3.63) is 47.3 Å². The molecule has 1 unspecified atom stereocenters. The largest absolute Gasteiger partial charge is 0.460 e. The molecule has 226 valence electrons. The minimum absolute atomic E-state index is 0.225. The van der Waals surface area contributed by atoms with E-state index in [1.165, 1.54) is 70.4 Å². The number of hydrogen-bond acceptors (Lipinski definition) is 3. The number of esters is 1. The molecule has 0 bridgehead atoms. The minimum Gasteiger partial charge on any atom is -0.460 e. The highest BCUT2D eigenvalue weighted by Gasteiger charge is 2.30. The summed E-state index contributed by atoms with van der Waals surface area (Å²) < 4.78 is 43.6. The van der Waals surface area contributed by atoms with Gasteiger partial charge in [-0.05, 0) is 70.9 Å². The molecule has 0 aliphatic heterocycles. The Labute approximate surface area is 236 Å². The topological polar surface area (TPSA) is 44.1 Å². The first-order valence-electron chi connectivity index (χ1n) is 14.4. The smallest absolute Gasteiger partial charge is 0.416 e. The van der Waals surface area contributed by atoms with Gasteiger partial charge in [0.25, 0.3) is 0 Å². The maximum atomic E-state index is 12.4. The van der Waals surface area contributed by atoms with Crippen molar-refractivity contribution in [1.29, 1.82) is 0 Å². The first-order chi connectivity index (χ1) is 18.0. The van der Waals surface area contributed by atoms with Gasteiger partial charge in [0.2, 0.25) is 0 Å². The third kappa shape index (κ3) is 21.2. The lowest BCUT2D eigenvalue weighted by Gasteiger charge is -2.17. The molecule has 0 saturated carbocycles. The van der Waals surface area contributed by atoms with Crippen molar-refractivity contribution >= 4 is 5.97 Å². The van der Waals surface area contributed by atoms with Crippen LogP contribution in [0.4, 0.5) is 13.2 Å². The molecule has 4 nitrogen and oxygen atoms in total. The third-order valence-electron chi connectivity index (χ3n) is 5.65. The van der Waals surface area contributed by atoms with E-state index < -0.39 is 11.7 Å². The van der Waals surface area contributed by atoms with Gasteiger partial charge in [-0.1, -0.05) is 86.0 Å². The van der Waals surface area contributed by atoms with E-state index in [0.29, 0.717) is 5.69 Å². The van der Waals surface area contributed by atoms with Gasteiger partial charge >= 0.3 is 12.1 Å². The van der Waals surface area contributed by atoms with Crippen LogP contribution < -0.4 is 0 Å². The van der Waals surface area contributed by atoms with Gasteiger partial charge < -0.3 is 4.74 Å². The first kappa shape index (κ1) is 38.8.